The van der Waals surface area contributed by atoms with E-state index in [9.17, 15) is 0 Å². The molecule has 5 atom stereocenters. The summed E-state index contributed by atoms with van der Waals surface area (Å²) >= 11 is 0. The fourth-order valence-corrected chi connectivity index (χ4v) is 5.26. The summed E-state index contributed by atoms with van der Waals surface area (Å²) in [7, 11) is 0. The number of rotatable bonds is 18. The van der Waals surface area contributed by atoms with Gasteiger partial charge >= 0.3 is 0 Å². The zero-order chi connectivity index (χ0) is 31.7. The summed E-state index contributed by atoms with van der Waals surface area (Å²) in [5.41, 5.74) is 12.9. The normalized spacial score (nSPS) is 21.0. The van der Waals surface area contributed by atoms with Crippen LogP contribution in [0.15, 0.2) is 126 Å². The number of ether oxygens (including phenoxy) is 6. The molecule has 4 aromatic rings. The quantitative estimate of drug-likeness (QED) is 0.0495. The van der Waals surface area contributed by atoms with Gasteiger partial charge in [-0.2, -0.15) is 0 Å². The number of nitrogens with zero attached hydrogens (tertiary/aromatic N) is 3. The van der Waals surface area contributed by atoms with Crippen molar-refractivity contribution < 1.29 is 28.4 Å². The molecule has 0 radical (unpaired) electrons. The molecule has 9 nitrogen and oxygen atoms in total. The smallest absolute Gasteiger partial charge is 0.186 e. The van der Waals surface area contributed by atoms with Gasteiger partial charge in [-0.15, -0.1) is 0 Å². The first-order valence-electron chi connectivity index (χ1n) is 15.7. The highest BCUT2D eigenvalue weighted by atomic mass is 16.7. The van der Waals surface area contributed by atoms with Crippen LogP contribution in [0.2, 0.25) is 0 Å². The average Bonchev–Trinajstić information content (AvgIpc) is 3.11. The third kappa shape index (κ3) is 10.5. The second-order valence-corrected chi connectivity index (χ2v) is 11.0. The van der Waals surface area contributed by atoms with Gasteiger partial charge in [-0.05, 0) is 34.2 Å². The Bertz CT molecular complexity index is 1440. The van der Waals surface area contributed by atoms with Crippen LogP contribution in [0.3, 0.4) is 0 Å². The van der Waals surface area contributed by atoms with Crippen molar-refractivity contribution in [2.45, 2.75) is 63.6 Å². The summed E-state index contributed by atoms with van der Waals surface area (Å²) in [5, 5.41) is 3.64. The van der Waals surface area contributed by atoms with Crippen LogP contribution in [-0.2, 0) is 54.8 Å². The predicted molar refractivity (Wildman–Crippen MR) is 174 cm³/mol. The van der Waals surface area contributed by atoms with Gasteiger partial charge in [0.1, 0.15) is 24.4 Å². The van der Waals surface area contributed by atoms with Crippen LogP contribution in [0.4, 0.5) is 0 Å². The van der Waals surface area contributed by atoms with E-state index in [0.29, 0.717) is 46.0 Å². The van der Waals surface area contributed by atoms with E-state index in [-0.39, 0.29) is 6.61 Å². The van der Waals surface area contributed by atoms with E-state index in [1.165, 1.54) is 0 Å². The average molecular weight is 624 g/mol. The van der Waals surface area contributed by atoms with Crippen molar-refractivity contribution in [2.24, 2.45) is 5.11 Å². The zero-order valence-electron chi connectivity index (χ0n) is 25.9. The standard InChI is InChI=1S/C37H41N3O6/c38-40-39-22-13-23-42-37-36(45-27-32-20-11-4-12-21-32)35(44-26-31-18-9-3-10-19-31)34(43-25-30-16-7-2-8-17-30)33(46-37)28-41-24-29-14-5-1-6-15-29/h1-12,14-21,33-37H,13,22-28H2/t33?,34-,35?,36?,37-/m1/s1. The minimum absolute atomic E-state index is 0.254. The van der Waals surface area contributed by atoms with E-state index in [4.69, 9.17) is 34.0 Å². The van der Waals surface area contributed by atoms with Crippen molar-refractivity contribution in [3.05, 3.63) is 154 Å². The van der Waals surface area contributed by atoms with Gasteiger partial charge in [0.05, 0.1) is 33.0 Å². The largest absolute Gasteiger partial charge is 0.374 e. The van der Waals surface area contributed by atoms with Crippen molar-refractivity contribution in [2.75, 3.05) is 19.8 Å². The topological polar surface area (TPSA) is 104 Å². The fourth-order valence-electron chi connectivity index (χ4n) is 5.26. The highest BCUT2D eigenvalue weighted by Gasteiger charge is 2.49. The van der Waals surface area contributed by atoms with E-state index in [1.54, 1.807) is 0 Å². The lowest BCUT2D eigenvalue weighted by Gasteiger charge is -2.46. The van der Waals surface area contributed by atoms with Crippen LogP contribution in [0, 0.1) is 0 Å². The Morgan fingerprint density at radius 2 is 1.02 bits per heavy atom. The van der Waals surface area contributed by atoms with Crippen molar-refractivity contribution in [1.29, 1.82) is 0 Å². The monoisotopic (exact) mass is 623 g/mol. The van der Waals surface area contributed by atoms with E-state index in [2.05, 4.69) is 10.0 Å². The summed E-state index contributed by atoms with van der Waals surface area (Å²) in [4.78, 5) is 2.85. The number of hydrogen-bond donors (Lipinski definition) is 0. The lowest BCUT2D eigenvalue weighted by molar-refractivity contribution is -0.328. The molecule has 0 saturated carbocycles. The van der Waals surface area contributed by atoms with Gasteiger partial charge < -0.3 is 28.4 Å². The highest BCUT2D eigenvalue weighted by molar-refractivity contribution is 5.16. The van der Waals surface area contributed by atoms with Crippen LogP contribution < -0.4 is 0 Å². The molecule has 4 aromatic carbocycles. The minimum atomic E-state index is -0.780. The minimum Gasteiger partial charge on any atom is -0.374 e. The molecule has 0 N–H and O–H groups in total. The maximum Gasteiger partial charge on any atom is 0.186 e. The molecule has 1 aliphatic rings. The molecule has 0 amide bonds. The Morgan fingerprint density at radius 3 is 1.52 bits per heavy atom. The predicted octanol–water partition coefficient (Wildman–Crippen LogP) is 7.40. The third-order valence-corrected chi connectivity index (χ3v) is 7.59. The van der Waals surface area contributed by atoms with Crippen molar-refractivity contribution in [3.8, 4) is 0 Å². The highest BCUT2D eigenvalue weighted by Crippen LogP contribution is 2.31. The summed E-state index contributed by atoms with van der Waals surface area (Å²) in [6.45, 7) is 2.35. The molecule has 3 unspecified atom stereocenters. The fraction of sp³-hybridized carbons (Fsp3) is 0.351. The molecular weight excluding hydrogens is 582 g/mol. The molecule has 240 valence electrons. The van der Waals surface area contributed by atoms with Crippen molar-refractivity contribution >= 4 is 0 Å². The summed E-state index contributed by atoms with van der Waals surface area (Å²) in [6.07, 6.45) is -2.50. The van der Waals surface area contributed by atoms with Gasteiger partial charge in [0, 0.05) is 18.1 Å². The summed E-state index contributed by atoms with van der Waals surface area (Å²) < 4.78 is 39.1. The van der Waals surface area contributed by atoms with Crippen LogP contribution in [0.5, 0.6) is 0 Å². The molecule has 46 heavy (non-hydrogen) atoms. The Balaban J connectivity index is 1.41. The van der Waals surface area contributed by atoms with Crippen molar-refractivity contribution in [1.82, 2.24) is 0 Å². The Kier molecular flexibility index (Phi) is 13.6. The maximum atomic E-state index is 8.71. The number of hydrogen-bond acceptors (Lipinski definition) is 7. The lowest BCUT2D eigenvalue weighted by Crippen LogP contribution is -2.61. The SMILES string of the molecule is [N-]=[N+]=NCCCO[C@@H]1OC(COCc2ccccc2)[C@@H](OCc2ccccc2)C(OCc2ccccc2)C1OCc1ccccc1. The van der Waals surface area contributed by atoms with Crippen LogP contribution in [-0.4, -0.2) is 50.5 Å². The van der Waals surface area contributed by atoms with Crippen LogP contribution >= 0.6 is 0 Å². The van der Waals surface area contributed by atoms with Crippen LogP contribution in [0.25, 0.3) is 10.4 Å². The Hall–Kier alpha value is -4.05. The van der Waals surface area contributed by atoms with E-state index < -0.39 is 30.7 Å². The number of benzene rings is 4. The first kappa shape index (κ1) is 33.3. The van der Waals surface area contributed by atoms with Crippen molar-refractivity contribution in [3.63, 3.8) is 0 Å². The Morgan fingerprint density at radius 1 is 0.565 bits per heavy atom. The molecule has 9 heteroatoms. The third-order valence-electron chi connectivity index (χ3n) is 7.59. The Labute approximate surface area is 270 Å². The van der Waals surface area contributed by atoms with Gasteiger partial charge in [-0.3, -0.25) is 0 Å². The molecule has 1 aliphatic heterocycles. The maximum absolute atomic E-state index is 8.71. The van der Waals surface area contributed by atoms with E-state index in [1.807, 2.05) is 121 Å². The summed E-state index contributed by atoms with van der Waals surface area (Å²) in [5.74, 6) is 0. The zero-order valence-corrected chi connectivity index (χ0v) is 25.9. The van der Waals surface area contributed by atoms with Gasteiger partial charge in [-0.25, -0.2) is 0 Å². The second kappa shape index (κ2) is 18.8. The first-order chi connectivity index (χ1) is 22.8. The van der Waals surface area contributed by atoms with Gasteiger partial charge in [0.15, 0.2) is 6.29 Å². The molecule has 0 aliphatic carbocycles. The molecule has 1 saturated heterocycles. The first-order valence-corrected chi connectivity index (χ1v) is 15.7. The van der Waals surface area contributed by atoms with Gasteiger partial charge in [0.2, 0.25) is 0 Å². The molecule has 0 aromatic heterocycles. The molecule has 1 fully saturated rings. The molecule has 1 heterocycles. The van der Waals surface area contributed by atoms with Crippen LogP contribution in [0.1, 0.15) is 28.7 Å². The van der Waals surface area contributed by atoms with Gasteiger partial charge in [-0.1, -0.05) is 126 Å². The molecule has 5 rings (SSSR count). The second-order valence-electron chi connectivity index (χ2n) is 11.0. The van der Waals surface area contributed by atoms with Gasteiger partial charge in [0.25, 0.3) is 0 Å². The summed E-state index contributed by atoms with van der Waals surface area (Å²) in [6, 6.07) is 40.0. The van der Waals surface area contributed by atoms with E-state index in [0.717, 1.165) is 22.3 Å². The molecule has 0 bridgehead atoms. The molecule has 0 spiro atoms. The number of azide groups is 1. The molecular formula is C37H41N3O6. The van der Waals surface area contributed by atoms with E-state index >= 15 is 0 Å². The lowest BCUT2D eigenvalue weighted by atomic mass is 9.97.